The number of nitrogens with two attached hydrogens (primary N) is 1. The van der Waals surface area contributed by atoms with Crippen LogP contribution < -0.4 is 10.6 Å². The molecule has 92 valence electrons. The highest BCUT2D eigenvalue weighted by atomic mass is 16.5. The number of anilines is 1. The summed E-state index contributed by atoms with van der Waals surface area (Å²) in [5, 5.41) is 0. The molecule has 0 spiro atoms. The summed E-state index contributed by atoms with van der Waals surface area (Å²) in [6.07, 6.45) is 0.915. The van der Waals surface area contributed by atoms with Crippen LogP contribution in [0.15, 0.2) is 24.3 Å². The van der Waals surface area contributed by atoms with E-state index < -0.39 is 0 Å². The number of hydrogen-bond donors (Lipinski definition) is 1. The zero-order chi connectivity index (χ0) is 12.3. The minimum absolute atomic E-state index is 0.0101. The van der Waals surface area contributed by atoms with Crippen molar-refractivity contribution in [2.75, 3.05) is 24.7 Å². The number of ether oxygens (including phenoxy) is 1. The monoisotopic (exact) mass is 234 g/mol. The molecule has 1 amide bonds. The van der Waals surface area contributed by atoms with Gasteiger partial charge in [0.15, 0.2) is 0 Å². The van der Waals surface area contributed by atoms with Crippen molar-refractivity contribution in [3.05, 3.63) is 29.8 Å². The summed E-state index contributed by atoms with van der Waals surface area (Å²) < 4.78 is 5.20. The molecule has 4 heteroatoms. The lowest BCUT2D eigenvalue weighted by Gasteiger charge is -2.22. The van der Waals surface area contributed by atoms with Gasteiger partial charge in [0.25, 0.3) is 5.91 Å². The van der Waals surface area contributed by atoms with E-state index in [1.54, 1.807) is 0 Å². The van der Waals surface area contributed by atoms with Crippen molar-refractivity contribution >= 4 is 11.6 Å². The molecular weight excluding hydrogens is 216 g/mol. The summed E-state index contributed by atoms with van der Waals surface area (Å²) in [6.45, 7) is 3.03. The van der Waals surface area contributed by atoms with Crippen LogP contribution in [-0.2, 0) is 16.0 Å². The Kier molecular flexibility index (Phi) is 3.76. The van der Waals surface area contributed by atoms with Crippen LogP contribution in [0.3, 0.4) is 0 Å². The van der Waals surface area contributed by atoms with Crippen LogP contribution in [-0.4, -0.2) is 31.7 Å². The van der Waals surface area contributed by atoms with Gasteiger partial charge in [0, 0.05) is 18.3 Å². The predicted octanol–water partition coefficient (Wildman–Crippen LogP) is 0.940. The number of benzene rings is 1. The molecule has 0 fully saturated rings. The summed E-state index contributed by atoms with van der Waals surface area (Å²) in [5.74, 6) is 0.0101. The van der Waals surface area contributed by atoms with Crippen molar-refractivity contribution in [3.63, 3.8) is 0 Å². The highest BCUT2D eigenvalue weighted by Gasteiger charge is 2.30. The van der Waals surface area contributed by atoms with Gasteiger partial charge in [0.1, 0.15) is 6.61 Å². The lowest BCUT2D eigenvalue weighted by atomic mass is 10.1. The van der Waals surface area contributed by atoms with E-state index >= 15 is 0 Å². The first kappa shape index (κ1) is 12.1. The van der Waals surface area contributed by atoms with Gasteiger partial charge in [-0.2, -0.15) is 0 Å². The Morgan fingerprint density at radius 1 is 1.53 bits per heavy atom. The highest BCUT2D eigenvalue weighted by Crippen LogP contribution is 2.31. The molecule has 0 saturated heterocycles. The molecule has 1 aromatic carbocycles. The van der Waals surface area contributed by atoms with E-state index in [9.17, 15) is 4.79 Å². The Hall–Kier alpha value is -1.39. The van der Waals surface area contributed by atoms with E-state index in [-0.39, 0.29) is 18.6 Å². The molecule has 2 rings (SSSR count). The second-order valence-corrected chi connectivity index (χ2v) is 4.29. The van der Waals surface area contributed by atoms with Crippen LogP contribution in [0.2, 0.25) is 0 Å². The number of hydrogen-bond acceptors (Lipinski definition) is 3. The van der Waals surface area contributed by atoms with Crippen molar-refractivity contribution in [1.82, 2.24) is 0 Å². The van der Waals surface area contributed by atoms with Crippen molar-refractivity contribution in [3.8, 4) is 0 Å². The molecule has 0 aliphatic carbocycles. The van der Waals surface area contributed by atoms with Crippen LogP contribution in [0.4, 0.5) is 5.69 Å². The zero-order valence-corrected chi connectivity index (χ0v) is 10.1. The molecule has 2 N–H and O–H groups in total. The maximum atomic E-state index is 12.1. The average Bonchev–Trinajstić information content (AvgIpc) is 2.65. The maximum Gasteiger partial charge on any atom is 0.253 e. The summed E-state index contributed by atoms with van der Waals surface area (Å²) in [5.41, 5.74) is 7.57. The summed E-state index contributed by atoms with van der Waals surface area (Å²) in [4.78, 5) is 13.9. The Balaban J connectivity index is 2.08. The van der Waals surface area contributed by atoms with E-state index in [4.69, 9.17) is 10.5 Å². The number of carbonyl (C=O) groups excluding carboxylic acids is 1. The number of fused-ring (bicyclic) bond motifs is 1. The van der Waals surface area contributed by atoms with Gasteiger partial charge in [-0.1, -0.05) is 18.2 Å². The highest BCUT2D eigenvalue weighted by molar-refractivity contribution is 5.97. The van der Waals surface area contributed by atoms with Gasteiger partial charge in [-0.15, -0.1) is 0 Å². The van der Waals surface area contributed by atoms with Crippen LogP contribution in [0, 0.1) is 0 Å². The van der Waals surface area contributed by atoms with Crippen LogP contribution in [0.25, 0.3) is 0 Å². The molecule has 0 bridgehead atoms. The Bertz CT molecular complexity index is 406. The Labute approximate surface area is 101 Å². The topological polar surface area (TPSA) is 55.6 Å². The third kappa shape index (κ3) is 2.48. The molecule has 1 aliphatic heterocycles. The van der Waals surface area contributed by atoms with E-state index in [1.807, 2.05) is 23.1 Å². The van der Waals surface area contributed by atoms with E-state index in [0.29, 0.717) is 13.2 Å². The van der Waals surface area contributed by atoms with E-state index in [1.165, 1.54) is 5.56 Å². The van der Waals surface area contributed by atoms with Crippen LogP contribution in [0.5, 0.6) is 0 Å². The van der Waals surface area contributed by atoms with Crippen LogP contribution in [0.1, 0.15) is 12.5 Å². The minimum Gasteiger partial charge on any atom is -0.370 e. The molecule has 0 aromatic heterocycles. The summed E-state index contributed by atoms with van der Waals surface area (Å²) >= 11 is 0. The quantitative estimate of drug-likeness (QED) is 0.789. The van der Waals surface area contributed by atoms with Gasteiger partial charge in [-0.05, 0) is 25.0 Å². The molecule has 0 radical (unpaired) electrons. The molecule has 17 heavy (non-hydrogen) atoms. The molecule has 1 heterocycles. The Morgan fingerprint density at radius 3 is 3.06 bits per heavy atom. The molecule has 4 nitrogen and oxygen atoms in total. The third-order valence-electron chi connectivity index (χ3n) is 2.96. The first-order valence-corrected chi connectivity index (χ1v) is 5.92. The largest absolute Gasteiger partial charge is 0.370 e. The second-order valence-electron chi connectivity index (χ2n) is 4.29. The van der Waals surface area contributed by atoms with Gasteiger partial charge in [0.2, 0.25) is 0 Å². The number of para-hydroxylation sites is 1. The molecule has 1 aliphatic rings. The van der Waals surface area contributed by atoms with Crippen molar-refractivity contribution in [1.29, 1.82) is 0 Å². The molecule has 1 unspecified atom stereocenters. The fourth-order valence-electron chi connectivity index (χ4n) is 2.26. The van der Waals surface area contributed by atoms with Crippen LogP contribution >= 0.6 is 0 Å². The zero-order valence-electron chi connectivity index (χ0n) is 10.1. The fraction of sp³-hybridized carbons (Fsp3) is 0.462. The summed E-state index contributed by atoms with van der Waals surface area (Å²) in [6, 6.07) is 8.23. The number of carbonyl (C=O) groups is 1. The molecule has 1 atom stereocenters. The Morgan fingerprint density at radius 2 is 2.29 bits per heavy atom. The van der Waals surface area contributed by atoms with Gasteiger partial charge in [0.05, 0.1) is 6.61 Å². The normalized spacial score (nSPS) is 18.2. The lowest BCUT2D eigenvalue weighted by molar-refractivity contribution is -0.123. The van der Waals surface area contributed by atoms with Crippen molar-refractivity contribution in [2.24, 2.45) is 5.73 Å². The van der Waals surface area contributed by atoms with Gasteiger partial charge >= 0.3 is 0 Å². The van der Waals surface area contributed by atoms with Gasteiger partial charge in [-0.3, -0.25) is 4.79 Å². The fourth-order valence-corrected chi connectivity index (χ4v) is 2.26. The molecule has 1 aromatic rings. The van der Waals surface area contributed by atoms with E-state index in [0.717, 1.165) is 12.1 Å². The first-order valence-electron chi connectivity index (χ1n) is 5.92. The standard InChI is InChI=1S/C13H18N2O2/c1-10-8-11-4-2-3-5-12(11)15(10)13(16)9-17-7-6-14/h2-5,10H,6-9,14H2,1H3. The number of rotatable bonds is 4. The van der Waals surface area contributed by atoms with Crippen molar-refractivity contribution in [2.45, 2.75) is 19.4 Å². The summed E-state index contributed by atoms with van der Waals surface area (Å²) in [7, 11) is 0. The van der Waals surface area contributed by atoms with Gasteiger partial charge < -0.3 is 15.4 Å². The average molecular weight is 234 g/mol. The third-order valence-corrected chi connectivity index (χ3v) is 2.96. The first-order chi connectivity index (χ1) is 8.24. The van der Waals surface area contributed by atoms with Gasteiger partial charge in [-0.25, -0.2) is 0 Å². The predicted molar refractivity (Wildman–Crippen MR) is 67.0 cm³/mol. The number of nitrogens with zero attached hydrogens (tertiary/aromatic N) is 1. The maximum absolute atomic E-state index is 12.1. The SMILES string of the molecule is CC1Cc2ccccc2N1C(=O)COCCN. The second kappa shape index (κ2) is 5.29. The molecular formula is C13H18N2O2. The lowest BCUT2D eigenvalue weighted by Crippen LogP contribution is -2.38. The molecule has 0 saturated carbocycles. The smallest absolute Gasteiger partial charge is 0.253 e. The van der Waals surface area contributed by atoms with Crippen molar-refractivity contribution < 1.29 is 9.53 Å². The number of amides is 1. The minimum atomic E-state index is 0.0101. The van der Waals surface area contributed by atoms with E-state index in [2.05, 4.69) is 13.0 Å².